The highest BCUT2D eigenvalue weighted by Gasteiger charge is 2.32. The first-order chi connectivity index (χ1) is 11.0. The third-order valence-corrected chi connectivity index (χ3v) is 3.43. The van der Waals surface area contributed by atoms with Crippen LogP contribution in [0.2, 0.25) is 0 Å². The summed E-state index contributed by atoms with van der Waals surface area (Å²) in [6, 6.07) is 0.436. The SMILES string of the molecule is Cn1cc(O[C@@H]2COC[C@@H]2NC(=O)c2cc(F)c[nH]c2=O)cn1. The lowest BCUT2D eigenvalue weighted by atomic mass is 10.2. The second-order valence-electron chi connectivity index (χ2n) is 5.18. The molecule has 0 aromatic carbocycles. The van der Waals surface area contributed by atoms with Crippen LogP contribution >= 0.6 is 0 Å². The van der Waals surface area contributed by atoms with Gasteiger partial charge in [0.05, 0.1) is 31.6 Å². The zero-order chi connectivity index (χ0) is 16.4. The van der Waals surface area contributed by atoms with Crippen molar-refractivity contribution in [3.05, 3.63) is 46.4 Å². The Hall–Kier alpha value is -2.68. The van der Waals surface area contributed by atoms with Gasteiger partial charge in [-0.15, -0.1) is 0 Å². The molecule has 2 atom stereocenters. The smallest absolute Gasteiger partial charge is 0.260 e. The monoisotopic (exact) mass is 322 g/mol. The lowest BCUT2D eigenvalue weighted by molar-refractivity contribution is 0.0902. The summed E-state index contributed by atoms with van der Waals surface area (Å²) < 4.78 is 25.8. The maximum atomic E-state index is 13.2. The number of ether oxygens (including phenoxy) is 2. The molecule has 2 aromatic heterocycles. The molecule has 0 bridgehead atoms. The molecular weight excluding hydrogens is 307 g/mol. The van der Waals surface area contributed by atoms with Gasteiger partial charge < -0.3 is 19.8 Å². The van der Waals surface area contributed by atoms with Crippen molar-refractivity contribution in [1.82, 2.24) is 20.1 Å². The average Bonchev–Trinajstić information content (AvgIpc) is 3.11. The van der Waals surface area contributed by atoms with Gasteiger partial charge in [-0.1, -0.05) is 0 Å². The standard InChI is InChI=1S/C14H15FN4O4/c1-19-5-9(4-17-19)23-12-7-22-6-11(12)18-14(21)10-2-8(15)3-16-13(10)20/h2-5,11-12H,6-7H2,1H3,(H,16,20)(H,18,21)/t11-,12+/m0/s1. The molecule has 0 aliphatic carbocycles. The molecule has 1 aliphatic heterocycles. The van der Waals surface area contributed by atoms with Gasteiger partial charge in [-0.3, -0.25) is 14.3 Å². The summed E-state index contributed by atoms with van der Waals surface area (Å²) in [5.74, 6) is -0.826. The number of aryl methyl sites for hydroxylation is 1. The van der Waals surface area contributed by atoms with Gasteiger partial charge >= 0.3 is 0 Å². The Morgan fingerprint density at radius 1 is 1.57 bits per heavy atom. The quantitative estimate of drug-likeness (QED) is 0.814. The fraction of sp³-hybridized carbons (Fsp3) is 0.357. The molecule has 1 saturated heterocycles. The van der Waals surface area contributed by atoms with Gasteiger partial charge in [0.15, 0.2) is 5.75 Å². The van der Waals surface area contributed by atoms with Crippen LogP contribution in [0.1, 0.15) is 10.4 Å². The van der Waals surface area contributed by atoms with E-state index in [9.17, 15) is 14.0 Å². The molecular formula is C14H15FN4O4. The van der Waals surface area contributed by atoms with Crippen molar-refractivity contribution >= 4 is 5.91 Å². The molecule has 8 nitrogen and oxygen atoms in total. The number of hydrogen-bond acceptors (Lipinski definition) is 5. The number of aromatic nitrogens is 3. The maximum Gasteiger partial charge on any atom is 0.260 e. The number of carbonyl (C=O) groups is 1. The number of halogens is 1. The highest BCUT2D eigenvalue weighted by atomic mass is 19.1. The van der Waals surface area contributed by atoms with E-state index in [4.69, 9.17) is 9.47 Å². The van der Waals surface area contributed by atoms with E-state index in [-0.39, 0.29) is 12.2 Å². The van der Waals surface area contributed by atoms with Crippen molar-refractivity contribution in [3.63, 3.8) is 0 Å². The molecule has 0 radical (unpaired) electrons. The maximum absolute atomic E-state index is 13.2. The molecule has 1 amide bonds. The minimum atomic E-state index is -0.694. The second kappa shape index (κ2) is 6.21. The second-order valence-corrected chi connectivity index (χ2v) is 5.18. The zero-order valence-corrected chi connectivity index (χ0v) is 12.3. The minimum absolute atomic E-state index is 0.240. The lowest BCUT2D eigenvalue weighted by Crippen LogP contribution is -2.46. The van der Waals surface area contributed by atoms with Crippen LogP contribution in [0.25, 0.3) is 0 Å². The number of hydrogen-bond donors (Lipinski definition) is 2. The third-order valence-electron chi connectivity index (χ3n) is 3.43. The number of nitrogens with zero attached hydrogens (tertiary/aromatic N) is 2. The fourth-order valence-electron chi connectivity index (χ4n) is 2.29. The Labute approximate surface area is 130 Å². The first-order valence-electron chi connectivity index (χ1n) is 6.95. The van der Waals surface area contributed by atoms with E-state index in [0.29, 0.717) is 12.4 Å². The molecule has 0 unspecified atom stereocenters. The number of amides is 1. The number of nitrogens with one attached hydrogen (secondary N) is 2. The van der Waals surface area contributed by atoms with Gasteiger partial charge in [-0.25, -0.2) is 4.39 Å². The van der Waals surface area contributed by atoms with Crippen molar-refractivity contribution in [1.29, 1.82) is 0 Å². The van der Waals surface area contributed by atoms with Crippen LogP contribution in [0.5, 0.6) is 5.75 Å². The molecule has 1 fully saturated rings. The van der Waals surface area contributed by atoms with Gasteiger partial charge in [-0.05, 0) is 6.07 Å². The van der Waals surface area contributed by atoms with Gasteiger partial charge in [0.2, 0.25) is 0 Å². The molecule has 0 spiro atoms. The predicted molar refractivity (Wildman–Crippen MR) is 76.7 cm³/mol. The van der Waals surface area contributed by atoms with Crippen molar-refractivity contribution < 1.29 is 18.7 Å². The van der Waals surface area contributed by atoms with Gasteiger partial charge in [0, 0.05) is 13.2 Å². The molecule has 3 rings (SSSR count). The van der Waals surface area contributed by atoms with Crippen LogP contribution in [0.3, 0.4) is 0 Å². The fourth-order valence-corrected chi connectivity index (χ4v) is 2.29. The zero-order valence-electron chi connectivity index (χ0n) is 12.3. The summed E-state index contributed by atoms with van der Waals surface area (Å²) in [6.45, 7) is 0.531. The Bertz CT molecular complexity index is 772. The number of H-pyrrole nitrogens is 1. The molecule has 23 heavy (non-hydrogen) atoms. The highest BCUT2D eigenvalue weighted by Crippen LogP contribution is 2.16. The van der Waals surface area contributed by atoms with Crippen molar-refractivity contribution in [2.75, 3.05) is 13.2 Å². The van der Waals surface area contributed by atoms with E-state index in [1.54, 1.807) is 24.1 Å². The van der Waals surface area contributed by atoms with E-state index in [0.717, 1.165) is 12.3 Å². The average molecular weight is 322 g/mol. The Balaban J connectivity index is 1.69. The molecule has 9 heteroatoms. The predicted octanol–water partition coefficient (Wildman–Crippen LogP) is -0.176. The van der Waals surface area contributed by atoms with Crippen LogP contribution in [-0.4, -0.2) is 46.0 Å². The lowest BCUT2D eigenvalue weighted by Gasteiger charge is -2.19. The summed E-state index contributed by atoms with van der Waals surface area (Å²) in [6.07, 6.45) is 3.71. The summed E-state index contributed by atoms with van der Waals surface area (Å²) in [7, 11) is 1.76. The summed E-state index contributed by atoms with van der Waals surface area (Å²) in [5, 5.41) is 6.63. The first kappa shape index (κ1) is 15.2. The molecule has 3 heterocycles. The number of aromatic amines is 1. The topological polar surface area (TPSA) is 98.2 Å². The molecule has 2 N–H and O–H groups in total. The van der Waals surface area contributed by atoms with Crippen LogP contribution in [-0.2, 0) is 11.8 Å². The van der Waals surface area contributed by atoms with Crippen LogP contribution in [0.4, 0.5) is 4.39 Å². The molecule has 0 saturated carbocycles. The Kier molecular flexibility index (Phi) is 4.11. The summed E-state index contributed by atoms with van der Waals surface area (Å²) in [5.41, 5.74) is -0.954. The Morgan fingerprint density at radius 3 is 3.13 bits per heavy atom. The third kappa shape index (κ3) is 3.39. The van der Waals surface area contributed by atoms with Crippen molar-refractivity contribution in [3.8, 4) is 5.75 Å². The van der Waals surface area contributed by atoms with Gasteiger partial charge in [-0.2, -0.15) is 5.10 Å². The van der Waals surface area contributed by atoms with E-state index < -0.39 is 29.4 Å². The van der Waals surface area contributed by atoms with E-state index in [2.05, 4.69) is 15.4 Å². The Morgan fingerprint density at radius 2 is 2.39 bits per heavy atom. The van der Waals surface area contributed by atoms with E-state index in [1.807, 2.05) is 0 Å². The van der Waals surface area contributed by atoms with Gasteiger partial charge in [0.1, 0.15) is 17.5 Å². The normalized spacial score (nSPS) is 20.4. The van der Waals surface area contributed by atoms with Crippen LogP contribution in [0, 0.1) is 5.82 Å². The molecule has 2 aromatic rings. The van der Waals surface area contributed by atoms with Crippen LogP contribution < -0.4 is 15.6 Å². The first-order valence-corrected chi connectivity index (χ1v) is 6.95. The van der Waals surface area contributed by atoms with Gasteiger partial charge in [0.25, 0.3) is 11.5 Å². The van der Waals surface area contributed by atoms with E-state index >= 15 is 0 Å². The highest BCUT2D eigenvalue weighted by molar-refractivity contribution is 5.94. The van der Waals surface area contributed by atoms with Crippen LogP contribution in [0.15, 0.2) is 29.5 Å². The van der Waals surface area contributed by atoms with Crippen molar-refractivity contribution in [2.45, 2.75) is 12.1 Å². The number of pyridine rings is 1. The molecule has 122 valence electrons. The molecule has 1 aliphatic rings. The number of rotatable bonds is 4. The largest absolute Gasteiger partial charge is 0.482 e. The minimum Gasteiger partial charge on any atom is -0.482 e. The van der Waals surface area contributed by atoms with Crippen molar-refractivity contribution in [2.24, 2.45) is 7.05 Å². The summed E-state index contributed by atoms with van der Waals surface area (Å²) >= 11 is 0. The summed E-state index contributed by atoms with van der Waals surface area (Å²) in [4.78, 5) is 25.9. The number of carbonyl (C=O) groups excluding carboxylic acids is 1. The van der Waals surface area contributed by atoms with E-state index in [1.165, 1.54) is 0 Å².